The molecule has 0 unspecified atom stereocenters. The molecule has 7 nitrogen and oxygen atoms in total. The van der Waals surface area contributed by atoms with Crippen LogP contribution >= 0.6 is 0 Å². The first-order valence-corrected chi connectivity index (χ1v) is 10.6. The number of rotatable bonds is 3. The number of aryl methyl sites for hydroxylation is 2. The summed E-state index contributed by atoms with van der Waals surface area (Å²) in [6.07, 6.45) is 9.14. The number of nitrogens with one attached hydrogen (secondary N) is 1. The van der Waals surface area contributed by atoms with Gasteiger partial charge in [0.1, 0.15) is 5.82 Å². The predicted octanol–water partition coefficient (Wildman–Crippen LogP) is 2.58. The van der Waals surface area contributed by atoms with E-state index in [0.717, 1.165) is 79.9 Å². The summed E-state index contributed by atoms with van der Waals surface area (Å²) in [5, 5.41) is 17.0. The van der Waals surface area contributed by atoms with Crippen LogP contribution in [0.2, 0.25) is 0 Å². The van der Waals surface area contributed by atoms with Gasteiger partial charge in [-0.3, -0.25) is 4.79 Å². The van der Waals surface area contributed by atoms with E-state index >= 15 is 0 Å². The fourth-order valence-corrected chi connectivity index (χ4v) is 4.73. The molecule has 0 radical (unpaired) electrons. The average molecular weight is 381 g/mol. The van der Waals surface area contributed by atoms with E-state index in [1.165, 1.54) is 12.8 Å². The van der Waals surface area contributed by atoms with E-state index in [2.05, 4.69) is 21.6 Å². The van der Waals surface area contributed by atoms with Gasteiger partial charge in [-0.1, -0.05) is 0 Å². The summed E-state index contributed by atoms with van der Waals surface area (Å²) in [6, 6.07) is 4.47. The molecule has 0 aromatic carbocycles. The fourth-order valence-electron chi connectivity index (χ4n) is 4.73. The minimum absolute atomic E-state index is 0.0672. The average Bonchev–Trinajstić information content (AvgIpc) is 2.74. The first-order chi connectivity index (χ1) is 13.8. The molecule has 0 spiro atoms. The normalized spacial score (nSPS) is 24.3. The van der Waals surface area contributed by atoms with Crippen LogP contribution in [0.25, 0.3) is 0 Å². The van der Waals surface area contributed by atoms with Gasteiger partial charge in [-0.05, 0) is 63.0 Å². The van der Waals surface area contributed by atoms with Gasteiger partial charge in [0.05, 0.1) is 30.6 Å². The van der Waals surface area contributed by atoms with Crippen molar-refractivity contribution in [3.63, 3.8) is 0 Å². The van der Waals surface area contributed by atoms with Gasteiger partial charge in [0, 0.05) is 24.1 Å². The number of anilines is 1. The van der Waals surface area contributed by atoms with Crippen LogP contribution in [0.5, 0.6) is 0 Å². The Hall–Kier alpha value is -2.28. The maximum Gasteiger partial charge on any atom is 0.267 e. The molecule has 0 atom stereocenters. The minimum atomic E-state index is 0.0672. The van der Waals surface area contributed by atoms with Gasteiger partial charge in [-0.15, -0.1) is 5.10 Å². The summed E-state index contributed by atoms with van der Waals surface area (Å²) in [4.78, 5) is 12.6. The van der Waals surface area contributed by atoms with Crippen LogP contribution < -0.4 is 10.9 Å². The Kier molecular flexibility index (Phi) is 4.84. The van der Waals surface area contributed by atoms with Crippen molar-refractivity contribution >= 4 is 5.82 Å². The van der Waals surface area contributed by atoms with Crippen molar-refractivity contribution in [2.45, 2.75) is 76.5 Å². The molecule has 1 saturated carbocycles. The van der Waals surface area contributed by atoms with Gasteiger partial charge in [-0.25, -0.2) is 4.68 Å². The molecule has 1 N–H and O–H groups in total. The monoisotopic (exact) mass is 381 g/mol. The van der Waals surface area contributed by atoms with E-state index in [9.17, 15) is 4.79 Å². The van der Waals surface area contributed by atoms with E-state index in [-0.39, 0.29) is 11.6 Å². The second-order valence-corrected chi connectivity index (χ2v) is 8.26. The molecule has 3 aliphatic rings. The molecule has 1 fully saturated rings. The van der Waals surface area contributed by atoms with Crippen molar-refractivity contribution < 1.29 is 4.74 Å². The van der Waals surface area contributed by atoms with Crippen LogP contribution in [0.15, 0.2) is 16.9 Å². The second kappa shape index (κ2) is 7.62. The molecule has 148 valence electrons. The van der Waals surface area contributed by atoms with Crippen molar-refractivity contribution in [3.05, 3.63) is 45.0 Å². The number of ether oxygens (including phenoxy) is 1. The zero-order valence-corrected chi connectivity index (χ0v) is 16.2. The maximum atomic E-state index is 12.6. The minimum Gasteiger partial charge on any atom is -0.376 e. The SMILES string of the molecule is O=c1cc2c(nn1C1CCC(Nc3cc4c(nn3)CCOC4)CC1)CCCC2. The lowest BCUT2D eigenvalue weighted by atomic mass is 9.91. The molecular weight excluding hydrogens is 354 g/mol. The lowest BCUT2D eigenvalue weighted by Crippen LogP contribution is -2.34. The highest BCUT2D eigenvalue weighted by Crippen LogP contribution is 2.29. The van der Waals surface area contributed by atoms with Crippen molar-refractivity contribution in [1.29, 1.82) is 0 Å². The Morgan fingerprint density at radius 3 is 2.71 bits per heavy atom. The molecule has 5 rings (SSSR count). The highest BCUT2D eigenvalue weighted by atomic mass is 16.5. The summed E-state index contributed by atoms with van der Waals surface area (Å²) in [5.41, 5.74) is 4.56. The van der Waals surface area contributed by atoms with Gasteiger partial charge in [0.25, 0.3) is 5.56 Å². The molecule has 0 saturated heterocycles. The Labute approximate surface area is 164 Å². The molecule has 2 aromatic rings. The van der Waals surface area contributed by atoms with E-state index in [4.69, 9.17) is 9.84 Å². The Balaban J connectivity index is 1.24. The molecule has 0 bridgehead atoms. The third kappa shape index (κ3) is 3.55. The Bertz CT molecular complexity index is 917. The van der Waals surface area contributed by atoms with Crippen molar-refractivity contribution in [1.82, 2.24) is 20.0 Å². The predicted molar refractivity (Wildman–Crippen MR) is 105 cm³/mol. The summed E-state index contributed by atoms with van der Waals surface area (Å²) in [7, 11) is 0. The zero-order valence-electron chi connectivity index (χ0n) is 16.2. The summed E-state index contributed by atoms with van der Waals surface area (Å²) in [6.45, 7) is 1.35. The van der Waals surface area contributed by atoms with Gasteiger partial charge >= 0.3 is 0 Å². The third-order valence-electron chi connectivity index (χ3n) is 6.33. The summed E-state index contributed by atoms with van der Waals surface area (Å²) >= 11 is 0. The molecule has 28 heavy (non-hydrogen) atoms. The van der Waals surface area contributed by atoms with E-state index < -0.39 is 0 Å². The number of hydrogen-bond acceptors (Lipinski definition) is 6. The zero-order chi connectivity index (χ0) is 18.9. The standard InChI is InChI=1S/C21H27N5O2/c27-21-12-14-3-1-2-4-19(14)25-26(21)17-7-5-16(6-8-17)22-20-11-15-13-28-10-9-18(15)23-24-20/h11-12,16-17H,1-10,13H2,(H,22,24). The highest BCUT2D eigenvalue weighted by Gasteiger charge is 2.25. The van der Waals surface area contributed by atoms with E-state index in [1.54, 1.807) is 4.68 Å². The summed E-state index contributed by atoms with van der Waals surface area (Å²) in [5.74, 6) is 0.830. The quantitative estimate of drug-likeness (QED) is 0.880. The number of fused-ring (bicyclic) bond motifs is 2. The molecule has 7 heteroatoms. The van der Waals surface area contributed by atoms with Gasteiger partial charge < -0.3 is 10.1 Å². The van der Waals surface area contributed by atoms with Crippen LogP contribution in [0, 0.1) is 0 Å². The number of hydrogen-bond donors (Lipinski definition) is 1. The number of aromatic nitrogens is 4. The second-order valence-electron chi connectivity index (χ2n) is 8.26. The molecule has 1 aliphatic heterocycles. The molecule has 0 amide bonds. The van der Waals surface area contributed by atoms with Crippen LogP contribution in [0.1, 0.15) is 67.1 Å². The fraction of sp³-hybridized carbons (Fsp3) is 0.619. The van der Waals surface area contributed by atoms with Crippen LogP contribution in [0.4, 0.5) is 5.82 Å². The lowest BCUT2D eigenvalue weighted by molar-refractivity contribution is 0.109. The Morgan fingerprint density at radius 1 is 0.964 bits per heavy atom. The smallest absolute Gasteiger partial charge is 0.267 e. The topological polar surface area (TPSA) is 81.9 Å². The Morgan fingerprint density at radius 2 is 1.82 bits per heavy atom. The molecule has 2 aromatic heterocycles. The third-order valence-corrected chi connectivity index (χ3v) is 6.33. The van der Waals surface area contributed by atoms with Crippen LogP contribution in [-0.4, -0.2) is 32.6 Å². The lowest BCUT2D eigenvalue weighted by Gasteiger charge is -2.30. The molecular formula is C21H27N5O2. The largest absolute Gasteiger partial charge is 0.376 e. The van der Waals surface area contributed by atoms with Gasteiger partial charge in [-0.2, -0.15) is 10.2 Å². The van der Waals surface area contributed by atoms with Crippen LogP contribution in [0.3, 0.4) is 0 Å². The van der Waals surface area contributed by atoms with Gasteiger partial charge in [0.15, 0.2) is 0 Å². The van der Waals surface area contributed by atoms with Crippen molar-refractivity contribution in [2.75, 3.05) is 11.9 Å². The van der Waals surface area contributed by atoms with Crippen molar-refractivity contribution in [3.8, 4) is 0 Å². The van der Waals surface area contributed by atoms with E-state index in [0.29, 0.717) is 12.6 Å². The van der Waals surface area contributed by atoms with E-state index in [1.807, 2.05) is 6.07 Å². The highest BCUT2D eigenvalue weighted by molar-refractivity contribution is 5.39. The first-order valence-electron chi connectivity index (χ1n) is 10.6. The first kappa shape index (κ1) is 17.8. The van der Waals surface area contributed by atoms with Crippen LogP contribution in [-0.2, 0) is 30.6 Å². The number of nitrogens with zero attached hydrogens (tertiary/aromatic N) is 4. The maximum absolute atomic E-state index is 12.6. The molecule has 2 aliphatic carbocycles. The summed E-state index contributed by atoms with van der Waals surface area (Å²) < 4.78 is 7.28. The van der Waals surface area contributed by atoms with Gasteiger partial charge in [0.2, 0.25) is 0 Å². The van der Waals surface area contributed by atoms with Crippen molar-refractivity contribution in [2.24, 2.45) is 0 Å². The molecule has 3 heterocycles.